The molecule has 0 spiro atoms. The van der Waals surface area contributed by atoms with Gasteiger partial charge in [0.25, 0.3) is 0 Å². The van der Waals surface area contributed by atoms with Gasteiger partial charge in [0.1, 0.15) is 5.92 Å². The Morgan fingerprint density at radius 1 is 1.32 bits per heavy atom. The van der Waals surface area contributed by atoms with Gasteiger partial charge in [-0.1, -0.05) is 26.8 Å². The molecule has 1 unspecified atom stereocenters. The quantitative estimate of drug-likeness (QED) is 0.630. The van der Waals surface area contributed by atoms with E-state index in [2.05, 4.69) is 27.9 Å². The normalized spacial score (nSPS) is 12.9. The monoisotopic (exact) mass is 375 g/mol. The number of rotatable bonds is 3. The molecule has 104 valence electrons. The van der Waals surface area contributed by atoms with Crippen LogP contribution in [0.5, 0.6) is 0 Å². The van der Waals surface area contributed by atoms with E-state index in [4.69, 9.17) is 0 Å². The summed E-state index contributed by atoms with van der Waals surface area (Å²) >= 11 is 2.18. The van der Waals surface area contributed by atoms with Crippen LogP contribution in [0.4, 0.5) is 5.69 Å². The van der Waals surface area contributed by atoms with E-state index in [-0.39, 0.29) is 0 Å². The van der Waals surface area contributed by atoms with Gasteiger partial charge in [-0.3, -0.25) is 9.59 Å². The molecule has 0 saturated carbocycles. The van der Waals surface area contributed by atoms with E-state index in [1.165, 1.54) is 0 Å². The summed E-state index contributed by atoms with van der Waals surface area (Å²) in [6.45, 7) is 7.12. The lowest BCUT2D eigenvalue weighted by Crippen LogP contribution is -2.39. The molecule has 1 amide bonds. The number of amides is 1. The Kier molecular flexibility index (Phi) is 4.95. The van der Waals surface area contributed by atoms with Crippen molar-refractivity contribution < 1.29 is 14.7 Å². The zero-order valence-electron chi connectivity index (χ0n) is 11.5. The van der Waals surface area contributed by atoms with E-state index >= 15 is 0 Å². The minimum Gasteiger partial charge on any atom is -0.481 e. The van der Waals surface area contributed by atoms with Crippen molar-refractivity contribution in [3.63, 3.8) is 0 Å². The van der Waals surface area contributed by atoms with Crippen molar-refractivity contribution in [1.82, 2.24) is 0 Å². The number of carboxylic acids is 1. The predicted molar refractivity (Wildman–Crippen MR) is 83.1 cm³/mol. The van der Waals surface area contributed by atoms with Crippen LogP contribution in [0.3, 0.4) is 0 Å². The second-order valence-electron chi connectivity index (χ2n) is 5.54. The molecule has 0 heterocycles. The van der Waals surface area contributed by atoms with Crippen LogP contribution in [0.15, 0.2) is 18.2 Å². The fourth-order valence-electron chi connectivity index (χ4n) is 1.82. The van der Waals surface area contributed by atoms with Gasteiger partial charge in [0.2, 0.25) is 5.91 Å². The molecule has 0 fully saturated rings. The largest absolute Gasteiger partial charge is 0.481 e. The predicted octanol–water partition coefficient (Wildman–Crippen LogP) is 3.29. The highest BCUT2D eigenvalue weighted by Gasteiger charge is 2.37. The molecule has 1 aromatic carbocycles. The van der Waals surface area contributed by atoms with Crippen molar-refractivity contribution in [3.8, 4) is 0 Å². The van der Waals surface area contributed by atoms with Crippen molar-refractivity contribution in [2.45, 2.75) is 27.7 Å². The average Bonchev–Trinajstić information content (AvgIpc) is 2.22. The molecule has 0 aromatic heterocycles. The fraction of sp³-hybridized carbons (Fsp3) is 0.429. The molecule has 0 radical (unpaired) electrons. The number of anilines is 1. The maximum atomic E-state index is 12.2. The second kappa shape index (κ2) is 5.90. The summed E-state index contributed by atoms with van der Waals surface area (Å²) in [7, 11) is 0. The number of hydrogen-bond donors (Lipinski definition) is 2. The Morgan fingerprint density at radius 2 is 1.89 bits per heavy atom. The highest BCUT2D eigenvalue weighted by atomic mass is 127. The van der Waals surface area contributed by atoms with Gasteiger partial charge in [-0.15, -0.1) is 0 Å². The highest BCUT2D eigenvalue weighted by molar-refractivity contribution is 14.1. The van der Waals surface area contributed by atoms with E-state index < -0.39 is 23.2 Å². The molecule has 4 nitrogen and oxygen atoms in total. The third-order valence-corrected chi connectivity index (χ3v) is 4.07. The minimum absolute atomic E-state index is 0.481. The van der Waals surface area contributed by atoms with Gasteiger partial charge < -0.3 is 10.4 Å². The van der Waals surface area contributed by atoms with Crippen LogP contribution in [0.2, 0.25) is 0 Å². The Morgan fingerprint density at radius 3 is 2.37 bits per heavy atom. The third-order valence-electron chi connectivity index (χ3n) is 2.90. The zero-order valence-corrected chi connectivity index (χ0v) is 13.6. The first-order valence-electron chi connectivity index (χ1n) is 5.93. The molecule has 1 atom stereocenters. The van der Waals surface area contributed by atoms with E-state index in [9.17, 15) is 14.7 Å². The van der Waals surface area contributed by atoms with Crippen LogP contribution in [-0.2, 0) is 9.59 Å². The molecule has 5 heteroatoms. The van der Waals surface area contributed by atoms with Crippen molar-refractivity contribution >= 4 is 40.2 Å². The third kappa shape index (κ3) is 3.92. The number of benzene rings is 1. The van der Waals surface area contributed by atoms with Gasteiger partial charge in [0.05, 0.1) is 0 Å². The van der Waals surface area contributed by atoms with E-state index in [0.29, 0.717) is 5.69 Å². The topological polar surface area (TPSA) is 66.4 Å². The van der Waals surface area contributed by atoms with Gasteiger partial charge in [-0.2, -0.15) is 0 Å². The maximum absolute atomic E-state index is 12.2. The van der Waals surface area contributed by atoms with Crippen LogP contribution in [0, 0.1) is 21.8 Å². The lowest BCUT2D eigenvalue weighted by molar-refractivity contribution is -0.149. The van der Waals surface area contributed by atoms with Crippen molar-refractivity contribution in [1.29, 1.82) is 0 Å². The summed E-state index contributed by atoms with van der Waals surface area (Å²) in [5.74, 6) is -2.66. The van der Waals surface area contributed by atoms with Crippen molar-refractivity contribution in [2.75, 3.05) is 5.32 Å². The molecular formula is C14H18INO3. The molecule has 19 heavy (non-hydrogen) atoms. The number of aliphatic carboxylic acids is 1. The second-order valence-corrected chi connectivity index (χ2v) is 6.70. The Balaban J connectivity index is 3.01. The molecule has 0 aliphatic heterocycles. The standard InChI is InChI=1S/C14H18INO3/c1-8-9(15)6-5-7-10(8)16-12(17)11(13(18)19)14(2,3)4/h5-7,11H,1-4H3,(H,16,17)(H,18,19). The van der Waals surface area contributed by atoms with E-state index in [1.54, 1.807) is 26.8 Å². The summed E-state index contributed by atoms with van der Waals surface area (Å²) in [6, 6.07) is 5.54. The van der Waals surface area contributed by atoms with Gasteiger partial charge in [-0.05, 0) is 52.6 Å². The first kappa shape index (κ1) is 15.9. The zero-order chi connectivity index (χ0) is 14.8. The molecular weight excluding hydrogens is 357 g/mol. The van der Waals surface area contributed by atoms with Crippen molar-refractivity contribution in [2.24, 2.45) is 11.3 Å². The molecule has 2 N–H and O–H groups in total. The number of carbonyl (C=O) groups is 2. The highest BCUT2D eigenvalue weighted by Crippen LogP contribution is 2.28. The average molecular weight is 375 g/mol. The van der Waals surface area contributed by atoms with Crippen LogP contribution >= 0.6 is 22.6 Å². The van der Waals surface area contributed by atoms with Crippen molar-refractivity contribution in [3.05, 3.63) is 27.3 Å². The molecule has 0 saturated heterocycles. The van der Waals surface area contributed by atoms with Crippen LogP contribution < -0.4 is 5.32 Å². The summed E-state index contributed by atoms with van der Waals surface area (Å²) in [5.41, 5.74) is 0.966. The van der Waals surface area contributed by atoms with Gasteiger partial charge in [-0.25, -0.2) is 0 Å². The number of carboxylic acid groups (broad SMARTS) is 1. The SMILES string of the molecule is Cc1c(I)cccc1NC(=O)C(C(=O)O)C(C)(C)C. The molecule has 0 aliphatic rings. The first-order chi connectivity index (χ1) is 8.64. The Labute approximate surface area is 126 Å². The lowest BCUT2D eigenvalue weighted by atomic mass is 9.80. The lowest BCUT2D eigenvalue weighted by Gasteiger charge is -2.26. The van der Waals surface area contributed by atoms with Crippen LogP contribution in [0.1, 0.15) is 26.3 Å². The number of halogens is 1. The maximum Gasteiger partial charge on any atom is 0.316 e. The summed E-state index contributed by atoms with van der Waals surface area (Å²) in [4.78, 5) is 23.4. The van der Waals surface area contributed by atoms with Gasteiger partial charge >= 0.3 is 5.97 Å². The molecule has 1 rings (SSSR count). The summed E-state index contributed by atoms with van der Waals surface area (Å²) in [5, 5.41) is 11.9. The smallest absolute Gasteiger partial charge is 0.316 e. The van der Waals surface area contributed by atoms with Gasteiger partial charge in [0, 0.05) is 9.26 Å². The van der Waals surface area contributed by atoms with Crippen LogP contribution in [-0.4, -0.2) is 17.0 Å². The summed E-state index contributed by atoms with van der Waals surface area (Å²) in [6.07, 6.45) is 0. The molecule has 0 bridgehead atoms. The number of carbonyl (C=O) groups excluding carboxylic acids is 1. The van der Waals surface area contributed by atoms with Gasteiger partial charge in [0.15, 0.2) is 0 Å². The Bertz CT molecular complexity index is 506. The summed E-state index contributed by atoms with van der Waals surface area (Å²) < 4.78 is 1.03. The fourth-order valence-corrected chi connectivity index (χ4v) is 2.32. The molecule has 0 aliphatic carbocycles. The minimum atomic E-state index is -1.10. The molecule has 1 aromatic rings. The number of hydrogen-bond acceptors (Lipinski definition) is 2. The Hall–Kier alpha value is -1.11. The number of nitrogens with one attached hydrogen (secondary N) is 1. The van der Waals surface area contributed by atoms with Crippen LogP contribution in [0.25, 0.3) is 0 Å². The van der Waals surface area contributed by atoms with E-state index in [0.717, 1.165) is 9.13 Å². The van der Waals surface area contributed by atoms with E-state index in [1.807, 2.05) is 19.1 Å². The first-order valence-corrected chi connectivity index (χ1v) is 7.01.